The molecule has 58 valence electrons. The average Bonchev–Trinajstić information content (AvgIpc) is 2.07. The summed E-state index contributed by atoms with van der Waals surface area (Å²) in [5.74, 6) is 4.18. The van der Waals surface area contributed by atoms with Crippen molar-refractivity contribution in [3.63, 3.8) is 0 Å². The third kappa shape index (κ3) is 1.84. The van der Waals surface area contributed by atoms with Gasteiger partial charge in [-0.15, -0.1) is 0 Å². The lowest BCUT2D eigenvalue weighted by atomic mass is 10.1. The number of nitriles is 1. The third-order valence-corrected chi connectivity index (χ3v) is 1.37. The summed E-state index contributed by atoms with van der Waals surface area (Å²) in [6.45, 7) is 1.84. The molecule has 0 bridgehead atoms. The summed E-state index contributed by atoms with van der Waals surface area (Å²) < 4.78 is 12.9. The van der Waals surface area contributed by atoms with E-state index in [1.54, 1.807) is 18.2 Å². The molecule has 1 nitrogen and oxygen atoms in total. The second-order valence-electron chi connectivity index (χ2n) is 2.35. The Labute approximate surface area is 70.4 Å². The molecule has 0 fully saturated rings. The van der Waals surface area contributed by atoms with Crippen LogP contribution in [0.1, 0.15) is 11.1 Å². The molecule has 0 saturated carbocycles. The van der Waals surface area contributed by atoms with Crippen LogP contribution < -0.4 is 0 Å². The van der Waals surface area contributed by atoms with E-state index in [1.165, 1.54) is 6.07 Å². The molecule has 12 heavy (non-hydrogen) atoms. The van der Waals surface area contributed by atoms with Gasteiger partial charge in [0.05, 0.1) is 5.56 Å². The van der Waals surface area contributed by atoms with Gasteiger partial charge in [-0.1, -0.05) is 6.07 Å². The summed E-state index contributed by atoms with van der Waals surface area (Å²) in [7, 11) is 0. The second-order valence-corrected chi connectivity index (χ2v) is 2.35. The minimum atomic E-state index is -0.386. The zero-order chi connectivity index (χ0) is 8.97. The highest BCUT2D eigenvalue weighted by molar-refractivity contribution is 5.40. The molecule has 0 heterocycles. The smallest absolute Gasteiger partial charge is 0.152 e. The third-order valence-electron chi connectivity index (χ3n) is 1.37. The van der Waals surface area contributed by atoms with Crippen molar-refractivity contribution >= 4 is 0 Å². The van der Waals surface area contributed by atoms with Crippen LogP contribution in [0.5, 0.6) is 0 Å². The van der Waals surface area contributed by atoms with E-state index < -0.39 is 0 Å². The molecule has 0 spiro atoms. The van der Waals surface area contributed by atoms with Crippen LogP contribution >= 0.6 is 0 Å². The zero-order valence-corrected chi connectivity index (χ0v) is 6.56. The number of hydrogen-bond acceptors (Lipinski definition) is 1. The SMILES string of the molecule is Cc1ccc(F)c(C#CC#N)c1. The number of nitrogens with zero attached hydrogens (tertiary/aromatic N) is 1. The Bertz CT molecular complexity index is 391. The molecular weight excluding hydrogens is 153 g/mol. The van der Waals surface area contributed by atoms with Gasteiger partial charge in [-0.3, -0.25) is 0 Å². The van der Waals surface area contributed by atoms with Crippen LogP contribution in [0.4, 0.5) is 4.39 Å². The maximum Gasteiger partial charge on any atom is 0.152 e. The number of benzene rings is 1. The summed E-state index contributed by atoms with van der Waals surface area (Å²) in [6, 6.07) is 6.25. The van der Waals surface area contributed by atoms with Crippen molar-refractivity contribution < 1.29 is 4.39 Å². The number of aryl methyl sites for hydroxylation is 1. The Balaban J connectivity index is 3.16. The highest BCUT2D eigenvalue weighted by atomic mass is 19.1. The molecule has 2 heteroatoms. The van der Waals surface area contributed by atoms with E-state index in [1.807, 2.05) is 6.92 Å². The summed E-state index contributed by atoms with van der Waals surface area (Å²) in [6.07, 6.45) is 0. The molecule has 0 amide bonds. The normalized spacial score (nSPS) is 8.08. The van der Waals surface area contributed by atoms with Gasteiger partial charge in [0, 0.05) is 5.92 Å². The van der Waals surface area contributed by atoms with Gasteiger partial charge in [0.2, 0.25) is 0 Å². The predicted molar refractivity (Wildman–Crippen MR) is 43.6 cm³/mol. The minimum absolute atomic E-state index is 0.275. The molecule has 0 atom stereocenters. The highest BCUT2D eigenvalue weighted by Crippen LogP contribution is 2.07. The first-order valence-electron chi connectivity index (χ1n) is 3.40. The molecule has 0 aromatic heterocycles. The van der Waals surface area contributed by atoms with Crippen molar-refractivity contribution in [1.29, 1.82) is 5.26 Å². The summed E-state index contributed by atoms with van der Waals surface area (Å²) in [4.78, 5) is 0. The molecule has 0 aliphatic rings. The standard InChI is InChI=1S/C10H6FN/c1-8-4-5-10(11)9(7-8)3-2-6-12/h4-5,7H,1H3. The lowest BCUT2D eigenvalue weighted by molar-refractivity contribution is 0.624. The van der Waals surface area contributed by atoms with Crippen molar-refractivity contribution in [2.45, 2.75) is 6.92 Å². The van der Waals surface area contributed by atoms with E-state index in [2.05, 4.69) is 11.8 Å². The van der Waals surface area contributed by atoms with Crippen LogP contribution in [0.2, 0.25) is 0 Å². The van der Waals surface area contributed by atoms with E-state index in [4.69, 9.17) is 5.26 Å². The Hall–Kier alpha value is -1.80. The number of halogens is 1. The van der Waals surface area contributed by atoms with Crippen molar-refractivity contribution in [1.82, 2.24) is 0 Å². The Morgan fingerprint density at radius 2 is 2.17 bits per heavy atom. The van der Waals surface area contributed by atoms with Crippen LogP contribution in [0.25, 0.3) is 0 Å². The first-order chi connectivity index (χ1) is 5.74. The van der Waals surface area contributed by atoms with Crippen molar-refractivity contribution in [3.8, 4) is 17.9 Å². The van der Waals surface area contributed by atoms with Crippen molar-refractivity contribution in [2.24, 2.45) is 0 Å². The molecule has 0 unspecified atom stereocenters. The Kier molecular flexibility index (Phi) is 2.46. The van der Waals surface area contributed by atoms with Crippen molar-refractivity contribution in [2.75, 3.05) is 0 Å². The van der Waals surface area contributed by atoms with Crippen LogP contribution in [-0.4, -0.2) is 0 Å². The summed E-state index contributed by atoms with van der Waals surface area (Å²) in [5, 5.41) is 8.14. The fourth-order valence-electron chi connectivity index (χ4n) is 0.830. The number of hydrogen-bond donors (Lipinski definition) is 0. The van der Waals surface area contributed by atoms with E-state index in [9.17, 15) is 4.39 Å². The Morgan fingerprint density at radius 3 is 2.83 bits per heavy atom. The highest BCUT2D eigenvalue weighted by Gasteiger charge is 1.97. The van der Waals surface area contributed by atoms with Gasteiger partial charge < -0.3 is 0 Å². The molecule has 0 aliphatic carbocycles. The van der Waals surface area contributed by atoms with Gasteiger partial charge in [-0.05, 0) is 30.5 Å². The predicted octanol–water partition coefficient (Wildman–Crippen LogP) is 2.01. The first kappa shape index (κ1) is 8.30. The van der Waals surface area contributed by atoms with Gasteiger partial charge in [-0.2, -0.15) is 5.26 Å². The average molecular weight is 159 g/mol. The fraction of sp³-hybridized carbons (Fsp3) is 0.100. The van der Waals surface area contributed by atoms with Crippen LogP contribution in [0.15, 0.2) is 18.2 Å². The first-order valence-corrected chi connectivity index (χ1v) is 3.40. The van der Waals surface area contributed by atoms with E-state index >= 15 is 0 Å². The second kappa shape index (κ2) is 3.55. The topological polar surface area (TPSA) is 23.8 Å². The van der Waals surface area contributed by atoms with Crippen LogP contribution in [0, 0.1) is 35.9 Å². The van der Waals surface area contributed by atoms with Gasteiger partial charge in [0.15, 0.2) is 6.07 Å². The lowest BCUT2D eigenvalue weighted by Crippen LogP contribution is -1.83. The molecule has 0 aliphatic heterocycles. The maximum absolute atomic E-state index is 12.9. The van der Waals surface area contributed by atoms with E-state index in [0.29, 0.717) is 0 Å². The van der Waals surface area contributed by atoms with Crippen LogP contribution in [0.3, 0.4) is 0 Å². The molecule has 0 N–H and O–H groups in total. The lowest BCUT2D eigenvalue weighted by Gasteiger charge is -1.94. The molecule has 0 radical (unpaired) electrons. The largest absolute Gasteiger partial charge is 0.206 e. The fourth-order valence-corrected chi connectivity index (χ4v) is 0.830. The Morgan fingerprint density at radius 1 is 1.42 bits per heavy atom. The van der Waals surface area contributed by atoms with E-state index in [-0.39, 0.29) is 11.4 Å². The summed E-state index contributed by atoms with van der Waals surface area (Å²) >= 11 is 0. The molecular formula is C10H6FN. The zero-order valence-electron chi connectivity index (χ0n) is 6.56. The van der Waals surface area contributed by atoms with Gasteiger partial charge in [0.25, 0.3) is 0 Å². The summed E-state index contributed by atoms with van der Waals surface area (Å²) in [5.41, 5.74) is 1.20. The molecule has 1 aromatic carbocycles. The van der Waals surface area contributed by atoms with E-state index in [0.717, 1.165) is 5.56 Å². The van der Waals surface area contributed by atoms with Gasteiger partial charge in [0.1, 0.15) is 5.82 Å². The molecule has 0 saturated heterocycles. The van der Waals surface area contributed by atoms with Gasteiger partial charge >= 0.3 is 0 Å². The quantitative estimate of drug-likeness (QED) is 0.531. The monoisotopic (exact) mass is 159 g/mol. The van der Waals surface area contributed by atoms with Crippen LogP contribution in [-0.2, 0) is 0 Å². The minimum Gasteiger partial charge on any atom is -0.206 e. The van der Waals surface area contributed by atoms with Crippen molar-refractivity contribution in [3.05, 3.63) is 35.1 Å². The molecule has 1 rings (SSSR count). The molecule has 1 aromatic rings. The van der Waals surface area contributed by atoms with Gasteiger partial charge in [-0.25, -0.2) is 4.39 Å². The maximum atomic E-state index is 12.9. The number of rotatable bonds is 0.